The van der Waals surface area contributed by atoms with Gasteiger partial charge >= 0.3 is 19.7 Å². The highest BCUT2D eigenvalue weighted by Gasteiger charge is 2.31. The number of carbonyl (C=O) groups excluding carboxylic acids is 2. The van der Waals surface area contributed by atoms with Crippen LogP contribution >= 0.6 is 19.2 Å². The molecule has 222 valence electrons. The van der Waals surface area contributed by atoms with Gasteiger partial charge in [-0.05, 0) is 37.1 Å². The monoisotopic (exact) mass is 613 g/mol. The molecule has 4 rings (SSSR count). The topological polar surface area (TPSA) is 118 Å². The van der Waals surface area contributed by atoms with Crippen molar-refractivity contribution in [3.63, 3.8) is 0 Å². The maximum Gasteiger partial charge on any atom is 0.408 e. The zero-order valence-corrected chi connectivity index (χ0v) is 25.1. The molecule has 0 bridgehead atoms. The number of benzene rings is 3. The van der Waals surface area contributed by atoms with Crippen LogP contribution in [0.15, 0.2) is 78.9 Å². The molecule has 0 unspecified atom stereocenters. The van der Waals surface area contributed by atoms with Gasteiger partial charge in [0, 0.05) is 6.42 Å². The van der Waals surface area contributed by atoms with Crippen LogP contribution in [0.25, 0.3) is 11.0 Å². The van der Waals surface area contributed by atoms with Crippen LogP contribution < -0.4 is 5.32 Å². The van der Waals surface area contributed by atoms with Crippen LogP contribution in [0.4, 0.5) is 4.79 Å². The molecule has 4 aromatic rings. The summed E-state index contributed by atoms with van der Waals surface area (Å²) in [4.78, 5) is 30.9. The van der Waals surface area contributed by atoms with Crippen LogP contribution in [0.2, 0.25) is 5.02 Å². The van der Waals surface area contributed by atoms with Gasteiger partial charge in [-0.1, -0.05) is 78.3 Å². The van der Waals surface area contributed by atoms with Crippen molar-refractivity contribution in [3.8, 4) is 0 Å². The minimum Gasteiger partial charge on any atom is -0.459 e. The first-order valence-corrected chi connectivity index (χ1v) is 15.6. The highest BCUT2D eigenvalue weighted by atomic mass is 35.5. The van der Waals surface area contributed by atoms with Crippen molar-refractivity contribution in [1.82, 2.24) is 14.9 Å². The summed E-state index contributed by atoms with van der Waals surface area (Å²) in [5.74, 6) is -0.374. The maximum atomic E-state index is 13.5. The number of aromatic nitrogens is 2. The van der Waals surface area contributed by atoms with E-state index in [1.807, 2.05) is 60.7 Å². The van der Waals surface area contributed by atoms with E-state index >= 15 is 0 Å². The molecule has 1 heterocycles. The number of amides is 1. The van der Waals surface area contributed by atoms with Crippen molar-refractivity contribution < 1.29 is 32.7 Å². The molecular weight excluding hydrogens is 581 g/mol. The lowest BCUT2D eigenvalue weighted by Gasteiger charge is -2.21. The zero-order chi connectivity index (χ0) is 30.0. The van der Waals surface area contributed by atoms with Gasteiger partial charge in [0.15, 0.2) is 0 Å². The molecule has 12 heteroatoms. The molecular formula is C30H33ClN3O7P. The molecule has 1 N–H and O–H groups in total. The normalized spacial score (nSPS) is 12.2. The van der Waals surface area contributed by atoms with Gasteiger partial charge in [0.2, 0.25) is 0 Å². The summed E-state index contributed by atoms with van der Waals surface area (Å²) in [6, 6.07) is 22.3. The molecule has 1 atom stereocenters. The van der Waals surface area contributed by atoms with E-state index < -0.39 is 25.7 Å². The van der Waals surface area contributed by atoms with E-state index in [9.17, 15) is 14.2 Å². The summed E-state index contributed by atoms with van der Waals surface area (Å²) in [5.41, 5.74) is 2.58. The quantitative estimate of drug-likeness (QED) is 0.127. The molecule has 0 saturated heterocycles. The second-order valence-corrected chi connectivity index (χ2v) is 11.6. The maximum absolute atomic E-state index is 13.5. The van der Waals surface area contributed by atoms with Gasteiger partial charge in [-0.3, -0.25) is 4.57 Å². The van der Waals surface area contributed by atoms with Crippen LogP contribution in [0.1, 0.15) is 30.8 Å². The van der Waals surface area contributed by atoms with E-state index in [1.54, 1.807) is 36.6 Å². The minimum atomic E-state index is -3.62. The minimum absolute atomic E-state index is 0.00302. The molecule has 42 heavy (non-hydrogen) atoms. The van der Waals surface area contributed by atoms with Crippen molar-refractivity contribution in [3.05, 3.63) is 101 Å². The van der Waals surface area contributed by atoms with Crippen molar-refractivity contribution in [2.45, 2.75) is 45.8 Å². The fraction of sp³-hybridized carbons (Fsp3) is 0.300. The highest BCUT2D eigenvalue weighted by molar-refractivity contribution is 7.52. The molecule has 0 aliphatic rings. The zero-order valence-electron chi connectivity index (χ0n) is 23.4. The molecule has 0 saturated carbocycles. The summed E-state index contributed by atoms with van der Waals surface area (Å²) in [6.07, 6.45) is -1.12. The number of rotatable bonds is 14. The third kappa shape index (κ3) is 8.42. The Morgan fingerprint density at radius 3 is 2.07 bits per heavy atom. The van der Waals surface area contributed by atoms with Crippen LogP contribution in [0.3, 0.4) is 0 Å². The number of esters is 1. The first-order chi connectivity index (χ1) is 20.3. The molecule has 1 amide bonds. The number of alkyl carbamates (subject to hydrolysis) is 1. The van der Waals surface area contributed by atoms with Crippen molar-refractivity contribution in [2.24, 2.45) is 0 Å². The Balaban J connectivity index is 1.63. The van der Waals surface area contributed by atoms with Gasteiger partial charge in [0.25, 0.3) is 0 Å². The van der Waals surface area contributed by atoms with E-state index in [4.69, 9.17) is 30.1 Å². The van der Waals surface area contributed by atoms with E-state index in [0.717, 1.165) is 11.1 Å². The number of imidazole rings is 1. The number of fused-ring (bicyclic) bond motifs is 1. The van der Waals surface area contributed by atoms with E-state index in [2.05, 4.69) is 10.3 Å². The van der Waals surface area contributed by atoms with Crippen LogP contribution in [-0.4, -0.2) is 40.9 Å². The summed E-state index contributed by atoms with van der Waals surface area (Å²) in [7, 11) is -3.62. The van der Waals surface area contributed by atoms with Crippen molar-refractivity contribution >= 4 is 42.3 Å². The van der Waals surface area contributed by atoms with Gasteiger partial charge in [0.05, 0.1) is 29.3 Å². The Kier molecular flexibility index (Phi) is 11.1. The molecule has 0 spiro atoms. The Morgan fingerprint density at radius 1 is 0.881 bits per heavy atom. The summed E-state index contributed by atoms with van der Waals surface area (Å²) in [6.45, 7) is 3.78. The average molecular weight is 614 g/mol. The van der Waals surface area contributed by atoms with E-state index in [-0.39, 0.29) is 39.1 Å². The third-order valence-electron chi connectivity index (χ3n) is 6.16. The van der Waals surface area contributed by atoms with Crippen molar-refractivity contribution in [2.75, 3.05) is 13.2 Å². The van der Waals surface area contributed by atoms with E-state index in [1.165, 1.54) is 0 Å². The van der Waals surface area contributed by atoms with Gasteiger partial charge in [-0.15, -0.1) is 0 Å². The van der Waals surface area contributed by atoms with Crippen LogP contribution in [0, 0.1) is 0 Å². The fourth-order valence-electron chi connectivity index (χ4n) is 4.30. The van der Waals surface area contributed by atoms with Gasteiger partial charge in [-0.2, -0.15) is 0 Å². The standard InChI is InChI=1S/C30H33ClN3O7P/c1-3-40-42(37,41-4-2)21-34-27(32-25-17-11-16-24(31)28(25)34)18-26(29(35)38-19-22-12-7-5-8-13-22)33-30(36)39-20-23-14-9-6-10-15-23/h5-17,26H,3-4,18-21H2,1-2H3,(H,33,36)/t26-/m1/s1. The number of ether oxygens (including phenoxy) is 2. The fourth-order valence-corrected chi connectivity index (χ4v) is 6.24. The van der Waals surface area contributed by atoms with E-state index in [0.29, 0.717) is 21.9 Å². The number of halogens is 1. The first-order valence-electron chi connectivity index (χ1n) is 13.5. The molecule has 0 fully saturated rings. The summed E-state index contributed by atoms with van der Waals surface area (Å²) >= 11 is 6.55. The summed E-state index contributed by atoms with van der Waals surface area (Å²) < 4.78 is 37.1. The molecule has 0 aliphatic heterocycles. The van der Waals surface area contributed by atoms with Gasteiger partial charge in [0.1, 0.15) is 31.4 Å². The number of hydrogen-bond donors (Lipinski definition) is 1. The Morgan fingerprint density at radius 2 is 1.48 bits per heavy atom. The molecule has 0 radical (unpaired) electrons. The second-order valence-electron chi connectivity index (χ2n) is 9.21. The number of nitrogens with zero attached hydrogens (tertiary/aromatic N) is 2. The third-order valence-corrected chi connectivity index (χ3v) is 8.40. The Labute approximate surface area is 249 Å². The number of hydrogen-bond acceptors (Lipinski definition) is 8. The molecule has 1 aromatic heterocycles. The second kappa shape index (κ2) is 15.0. The predicted molar refractivity (Wildman–Crippen MR) is 159 cm³/mol. The smallest absolute Gasteiger partial charge is 0.408 e. The predicted octanol–water partition coefficient (Wildman–Crippen LogP) is 6.49. The molecule has 10 nitrogen and oxygen atoms in total. The van der Waals surface area contributed by atoms with Crippen molar-refractivity contribution in [1.29, 1.82) is 0 Å². The lowest BCUT2D eigenvalue weighted by Crippen LogP contribution is -2.44. The average Bonchev–Trinajstić information content (AvgIpc) is 3.33. The van der Waals surface area contributed by atoms with Crippen LogP contribution in [0.5, 0.6) is 0 Å². The first kappa shape index (κ1) is 31.3. The number of para-hydroxylation sites is 1. The Hall–Kier alpha value is -3.69. The number of carbonyl (C=O) groups is 2. The lowest BCUT2D eigenvalue weighted by atomic mass is 10.2. The van der Waals surface area contributed by atoms with Gasteiger partial charge in [-0.25, -0.2) is 14.6 Å². The number of nitrogens with one attached hydrogen (secondary N) is 1. The SMILES string of the molecule is CCOP(=O)(Cn1c(C[C@@H](NC(=O)OCc2ccccc2)C(=O)OCc2ccccc2)nc2cccc(Cl)c21)OCC. The molecule has 3 aromatic carbocycles. The Bertz CT molecular complexity index is 1520. The largest absolute Gasteiger partial charge is 0.459 e. The highest BCUT2D eigenvalue weighted by Crippen LogP contribution is 2.50. The lowest BCUT2D eigenvalue weighted by molar-refractivity contribution is -0.147. The van der Waals surface area contributed by atoms with Gasteiger partial charge < -0.3 is 28.4 Å². The summed E-state index contributed by atoms with van der Waals surface area (Å²) in [5, 5.41) is 2.98. The molecule has 0 aliphatic carbocycles. The van der Waals surface area contributed by atoms with Crippen LogP contribution in [-0.2, 0) is 53.8 Å².